The van der Waals surface area contributed by atoms with Gasteiger partial charge in [-0.2, -0.15) is 12.6 Å². The molecule has 2 rings (SSSR count). The summed E-state index contributed by atoms with van der Waals surface area (Å²) in [7, 11) is -1.93. The number of aliphatic hydroxyl groups excluding tert-OH is 1. The summed E-state index contributed by atoms with van der Waals surface area (Å²) in [6.07, 6.45) is -0.0724. The van der Waals surface area contributed by atoms with E-state index < -0.39 is 15.3 Å². The van der Waals surface area contributed by atoms with Crippen molar-refractivity contribution in [1.82, 2.24) is 0 Å². The van der Waals surface area contributed by atoms with Crippen molar-refractivity contribution in [2.24, 2.45) is 5.41 Å². The first-order chi connectivity index (χ1) is 10.9. The van der Waals surface area contributed by atoms with Crippen LogP contribution < -0.4 is 10.4 Å². The molecule has 0 radical (unpaired) electrons. The quantitative estimate of drug-likeness (QED) is 0.478. The van der Waals surface area contributed by atoms with Crippen LogP contribution in [0.1, 0.15) is 27.2 Å². The normalized spacial score (nSPS) is 14.7. The molecule has 0 fully saturated rings. The molecule has 23 heavy (non-hydrogen) atoms. The minimum atomic E-state index is -1.93. The Balaban J connectivity index is 2.19. The summed E-state index contributed by atoms with van der Waals surface area (Å²) in [6, 6.07) is 20.4. The van der Waals surface area contributed by atoms with Crippen molar-refractivity contribution in [3.8, 4) is 0 Å². The van der Waals surface area contributed by atoms with Gasteiger partial charge in [-0.3, -0.25) is 0 Å². The molecule has 0 aliphatic heterocycles. The van der Waals surface area contributed by atoms with Crippen LogP contribution in [0.4, 0.5) is 0 Å². The zero-order valence-electron chi connectivity index (χ0n) is 14.0. The Morgan fingerprint density at radius 1 is 0.957 bits per heavy atom. The van der Waals surface area contributed by atoms with Gasteiger partial charge in [0.05, 0.1) is 5.25 Å². The first-order valence-corrected chi connectivity index (χ1v) is 10.1. The van der Waals surface area contributed by atoms with Crippen LogP contribution in [-0.4, -0.2) is 25.7 Å². The fourth-order valence-corrected chi connectivity index (χ4v) is 5.63. The van der Waals surface area contributed by atoms with Crippen molar-refractivity contribution in [3.05, 3.63) is 60.7 Å². The summed E-state index contributed by atoms with van der Waals surface area (Å²) in [5.41, 5.74) is 0.104. The second-order valence-corrected chi connectivity index (χ2v) is 10.1. The molecule has 0 amide bonds. The molecule has 0 aromatic heterocycles. The molecule has 0 bridgehead atoms. The van der Waals surface area contributed by atoms with Gasteiger partial charge in [0, 0.05) is 0 Å². The average Bonchev–Trinajstić information content (AvgIpc) is 2.52. The van der Waals surface area contributed by atoms with Crippen molar-refractivity contribution in [3.63, 3.8) is 0 Å². The Hall–Kier alpha value is -1.07. The zero-order valence-corrected chi connectivity index (χ0v) is 16.1. The van der Waals surface area contributed by atoms with Crippen molar-refractivity contribution in [2.75, 3.05) is 0 Å². The second kappa shape index (κ2) is 8.15. The molecular formula is C19H26O2SSi. The summed E-state index contributed by atoms with van der Waals surface area (Å²) in [6.45, 7) is 6.44. The fraction of sp³-hybridized carbons (Fsp3) is 0.368. The predicted octanol–water partition coefficient (Wildman–Crippen LogP) is 2.59. The van der Waals surface area contributed by atoms with Gasteiger partial charge in [0.15, 0.2) is 6.29 Å². The molecule has 0 saturated heterocycles. The molecule has 124 valence electrons. The summed E-state index contributed by atoms with van der Waals surface area (Å²) >= 11 is 4.57. The van der Waals surface area contributed by atoms with E-state index in [0.717, 1.165) is 16.8 Å². The van der Waals surface area contributed by atoms with Crippen LogP contribution in [0, 0.1) is 5.41 Å². The van der Waals surface area contributed by atoms with Crippen LogP contribution in [0.15, 0.2) is 60.7 Å². The molecule has 2 aromatic carbocycles. The van der Waals surface area contributed by atoms with E-state index in [1.807, 2.05) is 36.4 Å². The van der Waals surface area contributed by atoms with Crippen LogP contribution in [0.5, 0.6) is 0 Å². The third kappa shape index (κ3) is 5.81. The third-order valence-corrected chi connectivity index (χ3v) is 6.60. The molecule has 2 atom stereocenters. The van der Waals surface area contributed by atoms with E-state index in [1.165, 1.54) is 0 Å². The molecular weight excluding hydrogens is 320 g/mol. The monoisotopic (exact) mass is 346 g/mol. The summed E-state index contributed by atoms with van der Waals surface area (Å²) in [5.74, 6) is 0. The van der Waals surface area contributed by atoms with Gasteiger partial charge in [0.2, 0.25) is 9.04 Å². The number of benzene rings is 2. The Morgan fingerprint density at radius 2 is 1.39 bits per heavy atom. The zero-order chi connectivity index (χ0) is 16.9. The summed E-state index contributed by atoms with van der Waals surface area (Å²) in [5, 5.41) is 12.6. The number of aliphatic hydroxyl groups is 1. The van der Waals surface area contributed by atoms with Gasteiger partial charge in [-0.05, 0) is 22.2 Å². The molecule has 0 heterocycles. The van der Waals surface area contributed by atoms with E-state index in [1.54, 1.807) is 0 Å². The first kappa shape index (κ1) is 18.3. The highest BCUT2D eigenvalue weighted by atomic mass is 32.1. The van der Waals surface area contributed by atoms with Gasteiger partial charge in [-0.25, -0.2) is 0 Å². The van der Waals surface area contributed by atoms with E-state index in [4.69, 9.17) is 4.43 Å². The molecule has 0 aliphatic rings. The third-order valence-electron chi connectivity index (χ3n) is 3.63. The minimum Gasteiger partial charge on any atom is -0.386 e. The molecule has 0 spiro atoms. The Morgan fingerprint density at radius 3 is 1.78 bits per heavy atom. The highest BCUT2D eigenvalue weighted by Gasteiger charge is 2.27. The predicted molar refractivity (Wildman–Crippen MR) is 103 cm³/mol. The van der Waals surface area contributed by atoms with Gasteiger partial charge in [-0.1, -0.05) is 81.4 Å². The van der Waals surface area contributed by atoms with E-state index in [0.29, 0.717) is 0 Å². The second-order valence-electron chi connectivity index (χ2n) is 7.06. The van der Waals surface area contributed by atoms with Gasteiger partial charge in [0.25, 0.3) is 0 Å². The molecule has 0 saturated carbocycles. The Kier molecular flexibility index (Phi) is 6.47. The minimum absolute atomic E-state index is 0.104. The molecule has 0 aliphatic carbocycles. The lowest BCUT2D eigenvalue weighted by Crippen LogP contribution is -2.49. The maximum Gasteiger partial charge on any atom is 0.243 e. The van der Waals surface area contributed by atoms with Crippen LogP contribution in [0.3, 0.4) is 0 Å². The Labute approximate surface area is 146 Å². The Bertz CT molecular complexity index is 544. The first-order valence-electron chi connectivity index (χ1n) is 7.98. The standard InChI is InChI=1S/C19H26O2SSi/c1-19(2,3)14-17(22)18(20)21-23(15-10-6-4-7-11-15)16-12-8-5-9-13-16/h4-13,17-18,20,22-23H,14H2,1-3H3. The van der Waals surface area contributed by atoms with Crippen molar-refractivity contribution >= 4 is 32.0 Å². The molecule has 2 aromatic rings. The topological polar surface area (TPSA) is 29.5 Å². The van der Waals surface area contributed by atoms with E-state index >= 15 is 0 Å². The summed E-state index contributed by atoms with van der Waals surface area (Å²) < 4.78 is 6.15. The van der Waals surface area contributed by atoms with E-state index in [-0.39, 0.29) is 10.7 Å². The van der Waals surface area contributed by atoms with E-state index in [9.17, 15) is 5.11 Å². The highest BCUT2D eigenvalue weighted by molar-refractivity contribution is 7.81. The van der Waals surface area contributed by atoms with Gasteiger partial charge < -0.3 is 9.53 Å². The molecule has 2 unspecified atom stereocenters. The van der Waals surface area contributed by atoms with Crippen molar-refractivity contribution < 1.29 is 9.53 Å². The van der Waals surface area contributed by atoms with Crippen LogP contribution in [0.25, 0.3) is 0 Å². The van der Waals surface area contributed by atoms with E-state index in [2.05, 4.69) is 57.7 Å². The lowest BCUT2D eigenvalue weighted by Gasteiger charge is -2.29. The van der Waals surface area contributed by atoms with Gasteiger partial charge in [0.1, 0.15) is 0 Å². The molecule has 2 nitrogen and oxygen atoms in total. The smallest absolute Gasteiger partial charge is 0.243 e. The largest absolute Gasteiger partial charge is 0.386 e. The lowest BCUT2D eigenvalue weighted by atomic mass is 9.90. The van der Waals surface area contributed by atoms with Crippen LogP contribution >= 0.6 is 12.6 Å². The number of rotatable bonds is 6. The highest BCUT2D eigenvalue weighted by Crippen LogP contribution is 2.25. The number of hydrogen-bond acceptors (Lipinski definition) is 3. The van der Waals surface area contributed by atoms with Gasteiger partial charge >= 0.3 is 0 Å². The maximum absolute atomic E-state index is 10.5. The van der Waals surface area contributed by atoms with Crippen molar-refractivity contribution in [2.45, 2.75) is 38.7 Å². The van der Waals surface area contributed by atoms with Crippen LogP contribution in [-0.2, 0) is 4.43 Å². The maximum atomic E-state index is 10.5. The van der Waals surface area contributed by atoms with Gasteiger partial charge in [-0.15, -0.1) is 0 Å². The fourth-order valence-electron chi connectivity index (χ4n) is 2.56. The number of thiol groups is 1. The summed E-state index contributed by atoms with van der Waals surface area (Å²) in [4.78, 5) is 0. The molecule has 4 heteroatoms. The SMILES string of the molecule is CC(C)(C)CC(S)C(O)O[SiH](c1ccccc1)c1ccccc1. The molecule has 1 N–H and O–H groups in total. The lowest BCUT2D eigenvalue weighted by molar-refractivity contribution is -0.0235. The number of hydrogen-bond donors (Lipinski definition) is 2. The average molecular weight is 347 g/mol. The van der Waals surface area contributed by atoms with Crippen molar-refractivity contribution in [1.29, 1.82) is 0 Å². The van der Waals surface area contributed by atoms with Crippen LogP contribution in [0.2, 0.25) is 0 Å².